The zero-order valence-corrected chi connectivity index (χ0v) is 37.4. The average molecular weight is 880 g/mol. The second-order valence-electron chi connectivity index (χ2n) is 18.8. The number of amides is 1. The van der Waals surface area contributed by atoms with Crippen LogP contribution in [0, 0.1) is 11.3 Å². The molecule has 3 fully saturated rings. The predicted molar refractivity (Wildman–Crippen MR) is 232 cm³/mol. The summed E-state index contributed by atoms with van der Waals surface area (Å²) in [6.45, 7) is 7.51. The fraction of sp³-hybridized carbons (Fsp3) is 0.600. The molecule has 1 unspecified atom stereocenters. The SMILES string of the molecule is CC[C@]1(O)C[C@H]2CN(CCc3c([nH]c4ccccc34)[C@@](C(=O)OC)(c3cc4c(cc3OC)N(C)[C@H]3[C@@](O)(C(=O)N(C)C)[C@H](O)[C@]5(CC)C=CCN6CC[C@]43[C@@H]65)C2)C1.O=S(=O)(O)O. The Morgan fingerprint density at radius 3 is 2.35 bits per heavy atom. The Hall–Kier alpha value is -4.07. The van der Waals surface area contributed by atoms with E-state index < -0.39 is 61.9 Å². The molecule has 6 heterocycles. The Morgan fingerprint density at radius 1 is 1.00 bits per heavy atom. The van der Waals surface area contributed by atoms with Gasteiger partial charge < -0.3 is 39.6 Å². The highest BCUT2D eigenvalue weighted by Gasteiger charge is 2.79. The van der Waals surface area contributed by atoms with Crippen LogP contribution in [0.5, 0.6) is 5.75 Å². The minimum atomic E-state index is -4.67. The number of H-pyrrole nitrogens is 1. The maximum Gasteiger partial charge on any atom is 0.394 e. The van der Waals surface area contributed by atoms with Crippen LogP contribution in [0.3, 0.4) is 0 Å². The Balaban J connectivity index is 0.00000100. The summed E-state index contributed by atoms with van der Waals surface area (Å²) in [4.78, 5) is 41.7. The molecule has 0 radical (unpaired) electrons. The lowest BCUT2D eigenvalue weighted by molar-refractivity contribution is -0.209. The summed E-state index contributed by atoms with van der Waals surface area (Å²) in [5.74, 6) is -0.530. The smallest absolute Gasteiger partial charge is 0.394 e. The summed E-state index contributed by atoms with van der Waals surface area (Å²) in [6, 6.07) is 11.2. The van der Waals surface area contributed by atoms with Crippen LogP contribution < -0.4 is 9.64 Å². The van der Waals surface area contributed by atoms with Gasteiger partial charge in [0.2, 0.25) is 0 Å². The molecule has 5 aliphatic heterocycles. The quantitative estimate of drug-likeness (QED) is 0.119. The van der Waals surface area contributed by atoms with Gasteiger partial charge in [0.15, 0.2) is 5.60 Å². The van der Waals surface area contributed by atoms with Crippen LogP contribution in [0.15, 0.2) is 48.6 Å². The largest absolute Gasteiger partial charge is 0.496 e. The third kappa shape index (κ3) is 6.28. The molecular weight excluding hydrogens is 819 g/mol. The van der Waals surface area contributed by atoms with Crippen LogP contribution in [0.25, 0.3) is 10.9 Å². The van der Waals surface area contributed by atoms with E-state index in [0.717, 1.165) is 46.5 Å². The number of para-hydroxylation sites is 1. The number of methoxy groups -OCH3 is 2. The Kier molecular flexibility index (Phi) is 11.0. The molecule has 6 aliphatic rings. The van der Waals surface area contributed by atoms with Crippen molar-refractivity contribution in [1.29, 1.82) is 0 Å². The minimum Gasteiger partial charge on any atom is -0.496 e. The number of ether oxygens (including phenoxy) is 2. The van der Waals surface area contributed by atoms with E-state index in [4.69, 9.17) is 27.0 Å². The highest BCUT2D eigenvalue weighted by Crippen LogP contribution is 2.67. The van der Waals surface area contributed by atoms with Crippen molar-refractivity contribution in [2.24, 2.45) is 11.3 Å². The van der Waals surface area contributed by atoms with Gasteiger partial charge in [-0.15, -0.1) is 0 Å². The molecule has 2 aromatic carbocycles. The number of rotatable bonds is 6. The molecule has 16 nitrogen and oxygen atoms in total. The summed E-state index contributed by atoms with van der Waals surface area (Å²) in [5, 5.41) is 38.8. The monoisotopic (exact) mass is 879 g/mol. The van der Waals surface area contributed by atoms with Crippen molar-refractivity contribution >= 4 is 38.9 Å². The fourth-order valence-corrected chi connectivity index (χ4v) is 13.4. The van der Waals surface area contributed by atoms with Crippen molar-refractivity contribution in [3.63, 3.8) is 0 Å². The lowest BCUT2D eigenvalue weighted by atomic mass is 9.47. The molecule has 338 valence electrons. The number of aromatic amines is 1. The van der Waals surface area contributed by atoms with Gasteiger partial charge in [-0.1, -0.05) is 44.2 Å². The van der Waals surface area contributed by atoms with Crippen molar-refractivity contribution in [2.75, 3.05) is 73.0 Å². The summed E-state index contributed by atoms with van der Waals surface area (Å²) < 4.78 is 43.9. The second kappa shape index (κ2) is 15.3. The number of aromatic nitrogens is 1. The van der Waals surface area contributed by atoms with Gasteiger partial charge in [0, 0.05) is 98.1 Å². The molecule has 3 aromatic rings. The van der Waals surface area contributed by atoms with Crippen LogP contribution in [-0.2, 0) is 42.0 Å². The minimum absolute atomic E-state index is 0.0717. The molecule has 62 heavy (non-hydrogen) atoms. The third-order valence-electron chi connectivity index (χ3n) is 15.6. The number of likely N-dealkylation sites (N-methyl/N-ethyl adjacent to an activating group) is 2. The number of nitrogens with one attached hydrogen (secondary N) is 1. The van der Waals surface area contributed by atoms with Gasteiger partial charge >= 0.3 is 16.4 Å². The van der Waals surface area contributed by atoms with Gasteiger partial charge in [0.1, 0.15) is 17.3 Å². The first-order chi connectivity index (χ1) is 29.2. The lowest BCUT2D eigenvalue weighted by Crippen LogP contribution is -2.81. The van der Waals surface area contributed by atoms with Crippen LogP contribution in [0.1, 0.15) is 68.3 Å². The van der Waals surface area contributed by atoms with E-state index in [0.29, 0.717) is 69.5 Å². The molecule has 2 bridgehead atoms. The summed E-state index contributed by atoms with van der Waals surface area (Å²) in [7, 11) is 3.58. The van der Waals surface area contributed by atoms with Crippen molar-refractivity contribution in [3.8, 4) is 5.75 Å². The number of carbonyl (C=O) groups excluding carboxylic acids is 2. The predicted octanol–water partition coefficient (Wildman–Crippen LogP) is 2.68. The van der Waals surface area contributed by atoms with E-state index >= 15 is 4.79 Å². The standard InChI is InChI=1S/C45H59N5O7.H2O4S/c1-8-41(54)23-27-24-44(40(53)57-7,35-29(15-19-49(25-27)26-41)28-13-10-11-14-32(28)46-35)31-21-30-33(22-34(31)56-6)48(5)37-43(30)17-20-50-18-12-16-42(9-2,36(43)50)38(51)45(37,55)39(52)47(3)4;1-5(2,3)4/h10-14,16,21-22,27,36-38,46,51,54-55H,8-9,15,17-20,23-26H2,1-7H3;(H2,1,2,3,4)/t27-,36+,37-,38-,41+,42-,43-,44+,45+;/m1./s1. The van der Waals surface area contributed by atoms with E-state index in [1.807, 2.05) is 44.0 Å². The number of benzene rings is 2. The summed E-state index contributed by atoms with van der Waals surface area (Å²) in [6.07, 6.45) is 6.05. The number of anilines is 1. The number of hydrogen-bond donors (Lipinski definition) is 6. The van der Waals surface area contributed by atoms with Gasteiger partial charge in [-0.05, 0) is 74.2 Å². The molecule has 2 saturated heterocycles. The van der Waals surface area contributed by atoms with Crippen LogP contribution >= 0.6 is 0 Å². The van der Waals surface area contributed by atoms with E-state index in [2.05, 4.69) is 45.1 Å². The van der Waals surface area contributed by atoms with E-state index in [1.165, 1.54) is 12.0 Å². The number of hydrogen-bond acceptors (Lipinski definition) is 12. The number of fused-ring (bicyclic) bond motifs is 6. The Bertz CT molecular complexity index is 2420. The third-order valence-corrected chi connectivity index (χ3v) is 15.6. The first kappa shape index (κ1) is 44.5. The topological polar surface area (TPSA) is 217 Å². The van der Waals surface area contributed by atoms with Crippen LogP contribution in [0.2, 0.25) is 0 Å². The van der Waals surface area contributed by atoms with Crippen molar-refractivity contribution < 1.29 is 51.9 Å². The van der Waals surface area contributed by atoms with Gasteiger partial charge in [0.25, 0.3) is 5.91 Å². The Labute approximate surface area is 363 Å². The molecule has 1 aromatic heterocycles. The van der Waals surface area contributed by atoms with Crippen molar-refractivity contribution in [3.05, 3.63) is 70.9 Å². The molecule has 1 saturated carbocycles. The van der Waals surface area contributed by atoms with Gasteiger partial charge in [-0.25, -0.2) is 0 Å². The number of carbonyl (C=O) groups is 2. The van der Waals surface area contributed by atoms with Gasteiger partial charge in [-0.3, -0.25) is 28.5 Å². The molecular formula is C45H61N5O11S. The van der Waals surface area contributed by atoms with E-state index in [-0.39, 0.29) is 12.0 Å². The normalized spacial score (nSPS) is 35.9. The molecule has 9 rings (SSSR count). The number of aliphatic hydroxyl groups is 3. The van der Waals surface area contributed by atoms with Crippen LogP contribution in [0.4, 0.5) is 5.69 Å². The number of nitrogens with zero attached hydrogens (tertiary/aromatic N) is 4. The molecule has 1 spiro atoms. The number of aliphatic hydroxyl groups excluding tert-OH is 1. The van der Waals surface area contributed by atoms with Gasteiger partial charge in [0.05, 0.1) is 25.9 Å². The number of piperidine rings is 1. The molecule has 6 N–H and O–H groups in total. The average Bonchev–Trinajstić information content (AvgIpc) is 3.89. The first-order valence-electron chi connectivity index (χ1n) is 21.5. The Morgan fingerprint density at radius 2 is 1.71 bits per heavy atom. The van der Waals surface area contributed by atoms with E-state index in [1.54, 1.807) is 21.2 Å². The zero-order chi connectivity index (χ0) is 44.9. The maximum atomic E-state index is 15.3. The van der Waals surface area contributed by atoms with Crippen molar-refractivity contribution in [2.45, 2.75) is 92.6 Å². The molecule has 10 atom stereocenters. The molecule has 1 amide bonds. The first-order valence-corrected chi connectivity index (χ1v) is 22.9. The molecule has 1 aliphatic carbocycles. The summed E-state index contributed by atoms with van der Waals surface area (Å²) >= 11 is 0. The highest BCUT2D eigenvalue weighted by atomic mass is 32.3. The summed E-state index contributed by atoms with van der Waals surface area (Å²) in [5.41, 5.74) is -1.09. The molecule has 17 heteroatoms. The number of esters is 1. The lowest BCUT2D eigenvalue weighted by Gasteiger charge is -2.63. The highest BCUT2D eigenvalue weighted by molar-refractivity contribution is 7.79. The van der Waals surface area contributed by atoms with Crippen LogP contribution in [-0.4, -0.2) is 162 Å². The van der Waals surface area contributed by atoms with Crippen molar-refractivity contribution in [1.82, 2.24) is 19.7 Å². The fourth-order valence-electron chi connectivity index (χ4n) is 13.4. The van der Waals surface area contributed by atoms with E-state index in [9.17, 15) is 20.1 Å². The van der Waals surface area contributed by atoms with Gasteiger partial charge in [-0.2, -0.15) is 8.42 Å². The second-order valence-corrected chi connectivity index (χ2v) is 19.7. The maximum absolute atomic E-state index is 15.3. The zero-order valence-electron chi connectivity index (χ0n) is 36.6.